The minimum Gasteiger partial charge on any atom is -0.436 e. The number of halogens is 3. The Balaban J connectivity index is 2.31. The van der Waals surface area contributed by atoms with E-state index in [1.165, 1.54) is 12.1 Å². The van der Waals surface area contributed by atoms with Crippen LogP contribution in [0.5, 0.6) is 11.6 Å². The SMILES string of the molecule is Cc1cc(Oc2ccc(F)cc2F)nc(Cl)n1. The highest BCUT2D eigenvalue weighted by Gasteiger charge is 2.08. The molecule has 0 aliphatic carbocycles. The average molecular weight is 257 g/mol. The van der Waals surface area contributed by atoms with E-state index in [-0.39, 0.29) is 16.9 Å². The molecule has 0 spiro atoms. The molecule has 1 aromatic heterocycles. The molecule has 0 amide bonds. The normalized spacial score (nSPS) is 10.4. The predicted octanol–water partition coefficient (Wildman–Crippen LogP) is 3.51. The molecule has 0 saturated carbocycles. The summed E-state index contributed by atoms with van der Waals surface area (Å²) >= 11 is 5.63. The van der Waals surface area contributed by atoms with Crippen LogP contribution in [0.25, 0.3) is 0 Å². The zero-order chi connectivity index (χ0) is 12.4. The third-order valence-corrected chi connectivity index (χ3v) is 2.08. The standard InChI is InChI=1S/C11H7ClF2N2O/c1-6-4-10(16-11(12)15-6)17-9-3-2-7(13)5-8(9)14/h2-5H,1H3. The number of aryl methyl sites for hydroxylation is 1. The van der Waals surface area contributed by atoms with Gasteiger partial charge in [-0.15, -0.1) is 0 Å². The van der Waals surface area contributed by atoms with Crippen LogP contribution in [-0.4, -0.2) is 9.97 Å². The second kappa shape index (κ2) is 4.63. The highest BCUT2D eigenvalue weighted by atomic mass is 35.5. The summed E-state index contributed by atoms with van der Waals surface area (Å²) in [7, 11) is 0. The molecule has 6 heteroatoms. The number of hydrogen-bond acceptors (Lipinski definition) is 3. The van der Waals surface area contributed by atoms with Gasteiger partial charge in [0.15, 0.2) is 11.6 Å². The van der Waals surface area contributed by atoms with E-state index in [0.717, 1.165) is 12.1 Å². The van der Waals surface area contributed by atoms with E-state index in [9.17, 15) is 8.78 Å². The minimum atomic E-state index is -0.808. The number of ether oxygens (including phenoxy) is 1. The van der Waals surface area contributed by atoms with Gasteiger partial charge in [-0.25, -0.2) is 13.8 Å². The van der Waals surface area contributed by atoms with Crippen LogP contribution in [0.2, 0.25) is 5.28 Å². The van der Waals surface area contributed by atoms with Crippen LogP contribution in [0.1, 0.15) is 5.69 Å². The summed E-state index contributed by atoms with van der Waals surface area (Å²) < 4.78 is 31.1. The quantitative estimate of drug-likeness (QED) is 0.771. The number of nitrogens with zero attached hydrogens (tertiary/aromatic N) is 2. The third kappa shape index (κ3) is 2.88. The lowest BCUT2D eigenvalue weighted by Crippen LogP contribution is -1.94. The van der Waals surface area contributed by atoms with Crippen molar-refractivity contribution >= 4 is 11.6 Å². The second-order valence-corrected chi connectivity index (χ2v) is 3.63. The molecule has 0 aliphatic heterocycles. The highest BCUT2D eigenvalue weighted by molar-refractivity contribution is 6.28. The minimum absolute atomic E-state index is 0.00233. The van der Waals surface area contributed by atoms with Crippen molar-refractivity contribution in [2.24, 2.45) is 0 Å². The van der Waals surface area contributed by atoms with Gasteiger partial charge in [-0.2, -0.15) is 4.98 Å². The number of rotatable bonds is 2. The first kappa shape index (κ1) is 11.7. The lowest BCUT2D eigenvalue weighted by molar-refractivity contribution is 0.422. The molecule has 0 bridgehead atoms. The number of aromatic nitrogens is 2. The van der Waals surface area contributed by atoms with E-state index in [0.29, 0.717) is 5.69 Å². The van der Waals surface area contributed by atoms with E-state index in [1.807, 2.05) is 0 Å². The van der Waals surface area contributed by atoms with Gasteiger partial charge < -0.3 is 4.74 Å². The number of hydrogen-bond donors (Lipinski definition) is 0. The molecular formula is C11H7ClF2N2O. The van der Waals surface area contributed by atoms with Gasteiger partial charge in [0.05, 0.1) is 0 Å². The van der Waals surface area contributed by atoms with Gasteiger partial charge in [0.25, 0.3) is 0 Å². The lowest BCUT2D eigenvalue weighted by Gasteiger charge is -2.06. The topological polar surface area (TPSA) is 35.0 Å². The van der Waals surface area contributed by atoms with Crippen molar-refractivity contribution in [1.82, 2.24) is 9.97 Å². The van der Waals surface area contributed by atoms with E-state index in [2.05, 4.69) is 9.97 Å². The number of benzene rings is 1. The Morgan fingerprint density at radius 3 is 2.59 bits per heavy atom. The maximum absolute atomic E-state index is 13.3. The van der Waals surface area contributed by atoms with Gasteiger partial charge in [0.1, 0.15) is 5.82 Å². The fraction of sp³-hybridized carbons (Fsp3) is 0.0909. The fourth-order valence-electron chi connectivity index (χ4n) is 1.23. The summed E-state index contributed by atoms with van der Waals surface area (Å²) in [5, 5.41) is 0.00233. The van der Waals surface area contributed by atoms with E-state index < -0.39 is 11.6 Å². The Bertz CT molecular complexity index is 543. The van der Waals surface area contributed by atoms with E-state index in [1.54, 1.807) is 6.92 Å². The zero-order valence-electron chi connectivity index (χ0n) is 8.75. The third-order valence-electron chi connectivity index (χ3n) is 1.91. The van der Waals surface area contributed by atoms with Crippen molar-refractivity contribution in [2.75, 3.05) is 0 Å². The first-order valence-corrected chi connectivity index (χ1v) is 5.06. The molecule has 17 heavy (non-hydrogen) atoms. The summed E-state index contributed by atoms with van der Waals surface area (Å²) in [5.41, 5.74) is 0.586. The maximum atomic E-state index is 13.3. The largest absolute Gasteiger partial charge is 0.436 e. The molecule has 0 unspecified atom stereocenters. The Hall–Kier alpha value is -1.75. The van der Waals surface area contributed by atoms with Crippen molar-refractivity contribution in [3.63, 3.8) is 0 Å². The van der Waals surface area contributed by atoms with Crippen LogP contribution in [0.3, 0.4) is 0 Å². The molecule has 1 aromatic carbocycles. The molecule has 0 aliphatic rings. The first-order valence-electron chi connectivity index (χ1n) is 4.69. The molecule has 2 rings (SSSR count). The molecule has 0 radical (unpaired) electrons. The molecule has 2 aromatic rings. The molecule has 0 atom stereocenters. The highest BCUT2D eigenvalue weighted by Crippen LogP contribution is 2.24. The molecule has 0 fully saturated rings. The zero-order valence-corrected chi connectivity index (χ0v) is 9.50. The molecular weight excluding hydrogens is 250 g/mol. The van der Waals surface area contributed by atoms with Crippen LogP contribution in [-0.2, 0) is 0 Å². The van der Waals surface area contributed by atoms with E-state index in [4.69, 9.17) is 16.3 Å². The Morgan fingerprint density at radius 1 is 1.18 bits per heavy atom. The molecule has 1 heterocycles. The van der Waals surface area contributed by atoms with Crippen LogP contribution in [0.15, 0.2) is 24.3 Å². The monoisotopic (exact) mass is 256 g/mol. The van der Waals surface area contributed by atoms with Gasteiger partial charge in [-0.05, 0) is 30.7 Å². The van der Waals surface area contributed by atoms with Gasteiger partial charge in [-0.3, -0.25) is 0 Å². The van der Waals surface area contributed by atoms with Gasteiger partial charge in [-0.1, -0.05) is 0 Å². The van der Waals surface area contributed by atoms with Crippen LogP contribution < -0.4 is 4.74 Å². The van der Waals surface area contributed by atoms with E-state index >= 15 is 0 Å². The van der Waals surface area contributed by atoms with Gasteiger partial charge in [0, 0.05) is 17.8 Å². The first-order chi connectivity index (χ1) is 8.04. The molecule has 0 N–H and O–H groups in total. The average Bonchev–Trinajstić information content (AvgIpc) is 2.21. The predicted molar refractivity (Wildman–Crippen MR) is 58.2 cm³/mol. The maximum Gasteiger partial charge on any atom is 0.225 e. The van der Waals surface area contributed by atoms with Crippen LogP contribution >= 0.6 is 11.6 Å². The summed E-state index contributed by atoms with van der Waals surface area (Å²) in [6.45, 7) is 1.70. The Labute approximate surface area is 101 Å². The van der Waals surface area contributed by atoms with Gasteiger partial charge >= 0.3 is 0 Å². The summed E-state index contributed by atoms with van der Waals surface area (Å²) in [6, 6.07) is 4.49. The summed E-state index contributed by atoms with van der Waals surface area (Å²) in [6.07, 6.45) is 0. The Kier molecular flexibility index (Phi) is 3.19. The van der Waals surface area contributed by atoms with Crippen molar-refractivity contribution in [3.05, 3.63) is 46.9 Å². The fourth-order valence-corrected chi connectivity index (χ4v) is 1.44. The molecule has 0 saturated heterocycles. The van der Waals surface area contributed by atoms with Crippen molar-refractivity contribution in [1.29, 1.82) is 0 Å². The molecule has 88 valence electrons. The van der Waals surface area contributed by atoms with Crippen molar-refractivity contribution in [2.45, 2.75) is 6.92 Å². The summed E-state index contributed by atoms with van der Waals surface area (Å²) in [5.74, 6) is -1.50. The van der Waals surface area contributed by atoms with Crippen LogP contribution in [0.4, 0.5) is 8.78 Å². The second-order valence-electron chi connectivity index (χ2n) is 3.29. The Morgan fingerprint density at radius 2 is 1.94 bits per heavy atom. The van der Waals surface area contributed by atoms with Crippen molar-refractivity contribution < 1.29 is 13.5 Å². The molecule has 3 nitrogen and oxygen atoms in total. The van der Waals surface area contributed by atoms with Gasteiger partial charge in [0.2, 0.25) is 11.2 Å². The smallest absolute Gasteiger partial charge is 0.225 e. The van der Waals surface area contributed by atoms with Crippen molar-refractivity contribution in [3.8, 4) is 11.6 Å². The summed E-state index contributed by atoms with van der Waals surface area (Å²) in [4.78, 5) is 7.60. The lowest BCUT2D eigenvalue weighted by atomic mass is 10.3. The van der Waals surface area contributed by atoms with Crippen LogP contribution in [0, 0.1) is 18.6 Å².